The van der Waals surface area contributed by atoms with Gasteiger partial charge in [0, 0.05) is 5.41 Å². The minimum atomic E-state index is -0.624. The molecule has 0 saturated heterocycles. The Morgan fingerprint density at radius 3 is 2.50 bits per heavy atom. The first-order valence-corrected chi connectivity index (χ1v) is 5.06. The van der Waals surface area contributed by atoms with Gasteiger partial charge in [-0.3, -0.25) is 4.79 Å². The molecule has 4 nitrogen and oxygen atoms in total. The van der Waals surface area contributed by atoms with Crippen LogP contribution in [0.2, 0.25) is 0 Å². The zero-order valence-electron chi connectivity index (χ0n) is 9.48. The Bertz CT molecular complexity index is 598. The predicted octanol–water partition coefficient (Wildman–Crippen LogP) is 2.28. The van der Waals surface area contributed by atoms with Gasteiger partial charge in [0.2, 0.25) is 5.91 Å². The molecule has 0 bridgehead atoms. The molecular weight excluding hydrogens is 206 g/mol. The van der Waals surface area contributed by atoms with Gasteiger partial charge in [0.05, 0.1) is 5.52 Å². The van der Waals surface area contributed by atoms with E-state index in [9.17, 15) is 9.59 Å². The van der Waals surface area contributed by atoms with E-state index in [4.69, 9.17) is 4.42 Å². The largest absolute Gasteiger partial charge is 0.426 e. The van der Waals surface area contributed by atoms with Gasteiger partial charge in [-0.15, -0.1) is 0 Å². The summed E-state index contributed by atoms with van der Waals surface area (Å²) in [6.45, 7) is 5.30. The number of hydrogen-bond acceptors (Lipinski definition) is 3. The van der Waals surface area contributed by atoms with Gasteiger partial charge in [0.25, 0.3) is 0 Å². The molecule has 16 heavy (non-hydrogen) atoms. The highest BCUT2D eigenvalue weighted by Gasteiger charge is 2.27. The number of nitrogens with zero attached hydrogens (tertiary/aromatic N) is 1. The van der Waals surface area contributed by atoms with Crippen LogP contribution in [0, 0.1) is 5.41 Å². The molecule has 2 aromatic rings. The number of rotatable bonds is 0. The summed E-state index contributed by atoms with van der Waals surface area (Å²) in [6, 6.07) is 6.90. The molecule has 0 aliphatic rings. The van der Waals surface area contributed by atoms with E-state index in [1.54, 1.807) is 45.0 Å². The topological polar surface area (TPSA) is 52.2 Å². The van der Waals surface area contributed by atoms with Crippen LogP contribution in [-0.4, -0.2) is 10.5 Å². The van der Waals surface area contributed by atoms with Crippen molar-refractivity contribution in [3.05, 3.63) is 34.8 Å². The molecule has 0 N–H and O–H groups in total. The van der Waals surface area contributed by atoms with Gasteiger partial charge in [-0.2, -0.15) is 0 Å². The third kappa shape index (κ3) is 1.56. The first kappa shape index (κ1) is 10.7. The van der Waals surface area contributed by atoms with E-state index in [0.29, 0.717) is 11.1 Å². The Hall–Kier alpha value is -1.84. The van der Waals surface area contributed by atoms with Crippen LogP contribution < -0.4 is 5.76 Å². The molecule has 0 aliphatic carbocycles. The van der Waals surface area contributed by atoms with E-state index >= 15 is 0 Å². The molecule has 0 amide bonds. The van der Waals surface area contributed by atoms with Crippen LogP contribution in [0.5, 0.6) is 0 Å². The molecular formula is C12H13NO3. The van der Waals surface area contributed by atoms with Crippen LogP contribution >= 0.6 is 0 Å². The normalized spacial score (nSPS) is 11.9. The van der Waals surface area contributed by atoms with E-state index in [1.807, 2.05) is 0 Å². The van der Waals surface area contributed by atoms with Gasteiger partial charge < -0.3 is 4.42 Å². The number of carbonyl (C=O) groups is 1. The van der Waals surface area contributed by atoms with Gasteiger partial charge in [-0.05, 0) is 12.1 Å². The Balaban J connectivity index is 2.74. The van der Waals surface area contributed by atoms with Crippen molar-refractivity contribution in [2.45, 2.75) is 20.8 Å². The quantitative estimate of drug-likeness (QED) is 0.683. The number of carbonyl (C=O) groups excluding carboxylic acids is 1. The molecule has 1 aromatic carbocycles. The lowest BCUT2D eigenvalue weighted by atomic mass is 9.95. The summed E-state index contributed by atoms with van der Waals surface area (Å²) in [5.74, 6) is -0.886. The van der Waals surface area contributed by atoms with E-state index in [2.05, 4.69) is 0 Å². The summed E-state index contributed by atoms with van der Waals surface area (Å²) < 4.78 is 6.09. The SMILES string of the molecule is CC(C)(C)C(=O)n1c(=O)oc2ccccc21. The van der Waals surface area contributed by atoms with Crippen LogP contribution in [0.4, 0.5) is 0 Å². The highest BCUT2D eigenvalue weighted by molar-refractivity contribution is 5.91. The van der Waals surface area contributed by atoms with Crippen molar-refractivity contribution in [1.29, 1.82) is 0 Å². The molecule has 2 rings (SSSR count). The summed E-state index contributed by atoms with van der Waals surface area (Å²) in [4.78, 5) is 23.7. The fourth-order valence-electron chi connectivity index (χ4n) is 1.49. The van der Waals surface area contributed by atoms with Crippen LogP contribution in [0.3, 0.4) is 0 Å². The highest BCUT2D eigenvalue weighted by atomic mass is 16.4. The number of benzene rings is 1. The van der Waals surface area contributed by atoms with Crippen molar-refractivity contribution < 1.29 is 9.21 Å². The van der Waals surface area contributed by atoms with E-state index in [0.717, 1.165) is 4.57 Å². The van der Waals surface area contributed by atoms with Gasteiger partial charge >= 0.3 is 5.76 Å². The average molecular weight is 219 g/mol. The highest BCUT2D eigenvalue weighted by Crippen LogP contribution is 2.19. The summed E-state index contributed by atoms with van der Waals surface area (Å²) in [5, 5.41) is 0. The summed E-state index contributed by atoms with van der Waals surface area (Å²) >= 11 is 0. The van der Waals surface area contributed by atoms with Crippen molar-refractivity contribution >= 4 is 17.0 Å². The summed E-state index contributed by atoms with van der Waals surface area (Å²) in [7, 11) is 0. The number of para-hydroxylation sites is 2. The standard InChI is InChI=1S/C12H13NO3/c1-12(2,3)10(14)13-8-6-4-5-7-9(8)16-11(13)15/h4-7H,1-3H3. The van der Waals surface area contributed by atoms with Crippen LogP contribution in [0.25, 0.3) is 11.1 Å². The maximum atomic E-state index is 12.1. The van der Waals surface area contributed by atoms with E-state index < -0.39 is 11.2 Å². The number of oxazole rings is 1. The second kappa shape index (κ2) is 3.33. The molecule has 0 aliphatic heterocycles. The van der Waals surface area contributed by atoms with Crippen molar-refractivity contribution in [1.82, 2.24) is 4.57 Å². The first-order chi connectivity index (χ1) is 7.41. The Kier molecular flexibility index (Phi) is 2.22. The third-order valence-electron chi connectivity index (χ3n) is 2.33. The second-order valence-electron chi connectivity index (χ2n) is 4.73. The summed E-state index contributed by atoms with van der Waals surface area (Å²) in [5.41, 5.74) is 0.341. The Labute approximate surface area is 92.5 Å². The van der Waals surface area contributed by atoms with Crippen LogP contribution in [-0.2, 0) is 0 Å². The lowest BCUT2D eigenvalue weighted by Crippen LogP contribution is -2.32. The van der Waals surface area contributed by atoms with Crippen LogP contribution in [0.1, 0.15) is 25.6 Å². The van der Waals surface area contributed by atoms with Crippen molar-refractivity contribution in [2.24, 2.45) is 5.41 Å². The maximum absolute atomic E-state index is 12.1. The zero-order valence-corrected chi connectivity index (χ0v) is 9.48. The maximum Gasteiger partial charge on any atom is 0.426 e. The van der Waals surface area contributed by atoms with E-state index in [-0.39, 0.29) is 5.91 Å². The Morgan fingerprint density at radius 2 is 1.88 bits per heavy atom. The molecule has 1 aromatic heterocycles. The first-order valence-electron chi connectivity index (χ1n) is 5.06. The lowest BCUT2D eigenvalue weighted by Gasteiger charge is -2.15. The van der Waals surface area contributed by atoms with Crippen molar-refractivity contribution in [3.63, 3.8) is 0 Å². The number of hydrogen-bond donors (Lipinski definition) is 0. The molecule has 1 heterocycles. The molecule has 0 saturated carbocycles. The van der Waals surface area contributed by atoms with E-state index in [1.165, 1.54) is 0 Å². The molecule has 0 atom stereocenters. The minimum absolute atomic E-state index is 0.262. The van der Waals surface area contributed by atoms with Crippen molar-refractivity contribution in [2.75, 3.05) is 0 Å². The van der Waals surface area contributed by atoms with Gasteiger partial charge in [0.15, 0.2) is 5.58 Å². The monoisotopic (exact) mass is 219 g/mol. The second-order valence-corrected chi connectivity index (χ2v) is 4.73. The van der Waals surface area contributed by atoms with Gasteiger partial charge in [-0.1, -0.05) is 32.9 Å². The number of aromatic nitrogens is 1. The van der Waals surface area contributed by atoms with Gasteiger partial charge in [-0.25, -0.2) is 9.36 Å². The fraction of sp³-hybridized carbons (Fsp3) is 0.333. The van der Waals surface area contributed by atoms with Crippen molar-refractivity contribution in [3.8, 4) is 0 Å². The molecule has 0 radical (unpaired) electrons. The molecule has 84 valence electrons. The average Bonchev–Trinajstić information content (AvgIpc) is 2.51. The van der Waals surface area contributed by atoms with Gasteiger partial charge in [0.1, 0.15) is 0 Å². The molecule has 0 unspecified atom stereocenters. The third-order valence-corrected chi connectivity index (χ3v) is 2.33. The predicted molar refractivity (Wildman–Crippen MR) is 60.6 cm³/mol. The zero-order chi connectivity index (χ0) is 11.9. The molecule has 0 spiro atoms. The fourth-order valence-corrected chi connectivity index (χ4v) is 1.49. The van der Waals surface area contributed by atoms with Crippen LogP contribution in [0.15, 0.2) is 33.5 Å². The molecule has 0 fully saturated rings. The number of fused-ring (bicyclic) bond motifs is 1. The Morgan fingerprint density at radius 1 is 1.25 bits per heavy atom. The minimum Gasteiger partial charge on any atom is -0.407 e. The smallest absolute Gasteiger partial charge is 0.407 e. The summed E-state index contributed by atoms with van der Waals surface area (Å²) in [6.07, 6.45) is 0. The molecule has 4 heteroatoms. The lowest BCUT2D eigenvalue weighted by molar-refractivity contribution is 0.0762.